The Morgan fingerprint density at radius 3 is 2.53 bits per heavy atom. The molecule has 3 heterocycles. The summed E-state index contributed by atoms with van der Waals surface area (Å²) in [7, 11) is 0. The third-order valence-electron chi connectivity index (χ3n) is 6.79. The van der Waals surface area contributed by atoms with E-state index >= 15 is 0 Å². The van der Waals surface area contributed by atoms with Crippen LogP contribution in [0, 0.1) is 0 Å². The van der Waals surface area contributed by atoms with Crippen LogP contribution in [-0.2, 0) is 9.59 Å². The molecule has 0 unspecified atom stereocenters. The number of carbonyl (C=O) groups excluding carboxylic acids is 4. The number of nitrogens with zero attached hydrogens (tertiary/aromatic N) is 4. The summed E-state index contributed by atoms with van der Waals surface area (Å²) < 4.78 is 12.0. The van der Waals surface area contributed by atoms with Crippen molar-refractivity contribution in [2.75, 3.05) is 19.6 Å². The number of carbonyl (C=O) groups is 4. The third-order valence-corrected chi connectivity index (χ3v) is 7.05. The summed E-state index contributed by atoms with van der Waals surface area (Å²) in [4.78, 5) is 63.1. The Labute approximate surface area is 252 Å². The summed E-state index contributed by atoms with van der Waals surface area (Å²) in [6, 6.07) is 9.72. The maximum absolute atomic E-state index is 14.4. The maximum Gasteiger partial charge on any atom is 0.326 e. The van der Waals surface area contributed by atoms with Crippen LogP contribution in [0.25, 0.3) is 0 Å². The standard InChI is InChI=1S/C30H31ClN6O6/c1-30(2,3)43-22-14-18(21(38)15-23(32)39)6-9-20(22)27-35-25(28-34-11-13-42-28)26(17-4-7-19(31)8-5-17)37(27)29(41)36-12-10-33-24(40)16-36/h4-9,11,13-14,25-26H,10,12,15-16H2,1-3H3,(H2,32,39)(H,33,40)/t25-,26-/m1/s1. The molecule has 224 valence electrons. The van der Waals surface area contributed by atoms with E-state index in [-0.39, 0.29) is 42.0 Å². The Balaban J connectivity index is 1.69. The van der Waals surface area contributed by atoms with Gasteiger partial charge in [0.1, 0.15) is 30.0 Å². The summed E-state index contributed by atoms with van der Waals surface area (Å²) in [5.74, 6) is -0.745. The zero-order valence-corrected chi connectivity index (χ0v) is 24.6. The van der Waals surface area contributed by atoms with Crippen LogP contribution in [0.1, 0.15) is 66.7 Å². The summed E-state index contributed by atoms with van der Waals surface area (Å²) in [5, 5.41) is 3.25. The highest BCUT2D eigenvalue weighted by molar-refractivity contribution is 6.30. The molecule has 0 aliphatic carbocycles. The predicted octanol–water partition coefficient (Wildman–Crippen LogP) is 3.66. The lowest BCUT2D eigenvalue weighted by Crippen LogP contribution is -2.55. The van der Waals surface area contributed by atoms with E-state index in [0.717, 1.165) is 0 Å². The molecule has 1 fully saturated rings. The fourth-order valence-electron chi connectivity index (χ4n) is 5.02. The fraction of sp³-hybridized carbons (Fsp3) is 0.333. The lowest BCUT2D eigenvalue weighted by molar-refractivity contribution is -0.123. The molecule has 3 N–H and O–H groups in total. The van der Waals surface area contributed by atoms with Gasteiger partial charge < -0.3 is 25.1 Å². The first kappa shape index (κ1) is 29.8. The first-order chi connectivity index (χ1) is 20.4. The van der Waals surface area contributed by atoms with E-state index in [0.29, 0.717) is 22.7 Å². The molecule has 2 aliphatic heterocycles. The van der Waals surface area contributed by atoms with E-state index in [2.05, 4.69) is 10.3 Å². The number of Topliss-reactive ketones (excluding diaryl/α,β-unsaturated/α-hetero) is 1. The summed E-state index contributed by atoms with van der Waals surface area (Å²) in [5.41, 5.74) is 5.88. The van der Waals surface area contributed by atoms with Crippen molar-refractivity contribution in [2.24, 2.45) is 10.7 Å². The zero-order chi connectivity index (χ0) is 30.9. The number of halogens is 1. The van der Waals surface area contributed by atoms with E-state index in [4.69, 9.17) is 31.5 Å². The van der Waals surface area contributed by atoms with Crippen LogP contribution in [0.4, 0.5) is 4.79 Å². The number of amidine groups is 1. The van der Waals surface area contributed by atoms with E-state index in [1.807, 2.05) is 20.8 Å². The number of hydrogen-bond donors (Lipinski definition) is 2. The van der Waals surface area contributed by atoms with Crippen LogP contribution in [0.2, 0.25) is 5.02 Å². The number of aromatic nitrogens is 1. The molecule has 43 heavy (non-hydrogen) atoms. The van der Waals surface area contributed by atoms with Crippen molar-refractivity contribution in [3.63, 3.8) is 0 Å². The van der Waals surface area contributed by atoms with Gasteiger partial charge >= 0.3 is 6.03 Å². The molecule has 4 amide bonds. The van der Waals surface area contributed by atoms with Gasteiger partial charge in [0.2, 0.25) is 17.7 Å². The van der Waals surface area contributed by atoms with E-state index < -0.39 is 41.8 Å². The van der Waals surface area contributed by atoms with Gasteiger partial charge in [-0.25, -0.2) is 9.78 Å². The SMILES string of the molecule is CC(C)(C)Oc1cc(C(=O)CC(N)=O)ccc1C1=N[C@@H](c2ncco2)[C@@H](c2ccc(Cl)cc2)N1C(=O)N1CCNC(=O)C1. The van der Waals surface area contributed by atoms with Crippen molar-refractivity contribution in [3.05, 3.63) is 82.5 Å². The minimum absolute atomic E-state index is 0.133. The largest absolute Gasteiger partial charge is 0.487 e. The average molecular weight is 607 g/mol. The summed E-state index contributed by atoms with van der Waals surface area (Å²) in [6.07, 6.45) is 2.45. The summed E-state index contributed by atoms with van der Waals surface area (Å²) in [6.45, 7) is 5.98. The number of rotatable bonds is 7. The van der Waals surface area contributed by atoms with Crippen molar-refractivity contribution in [1.82, 2.24) is 20.1 Å². The zero-order valence-electron chi connectivity index (χ0n) is 23.9. The second kappa shape index (κ2) is 11.9. The van der Waals surface area contributed by atoms with Crippen molar-refractivity contribution < 1.29 is 28.3 Å². The molecular weight excluding hydrogens is 576 g/mol. The minimum atomic E-state index is -0.771. The Bertz CT molecular complexity index is 1580. The molecule has 0 bridgehead atoms. The number of ketones is 1. The highest BCUT2D eigenvalue weighted by Gasteiger charge is 2.47. The predicted molar refractivity (Wildman–Crippen MR) is 157 cm³/mol. The molecule has 0 spiro atoms. The number of amides is 4. The molecule has 5 rings (SSSR count). The molecular formula is C30H31ClN6O6. The van der Waals surface area contributed by atoms with Gasteiger partial charge in [0.05, 0.1) is 24.2 Å². The molecule has 12 nitrogen and oxygen atoms in total. The molecule has 0 radical (unpaired) electrons. The first-order valence-corrected chi connectivity index (χ1v) is 14.0. The number of benzene rings is 2. The van der Waals surface area contributed by atoms with Gasteiger partial charge in [0.15, 0.2) is 11.8 Å². The second-order valence-corrected chi connectivity index (χ2v) is 11.6. The Morgan fingerprint density at radius 1 is 1.16 bits per heavy atom. The fourth-order valence-corrected chi connectivity index (χ4v) is 5.14. The monoisotopic (exact) mass is 606 g/mol. The normalized spacial score (nSPS) is 18.7. The second-order valence-electron chi connectivity index (χ2n) is 11.2. The Morgan fingerprint density at radius 2 is 1.91 bits per heavy atom. The van der Waals surface area contributed by atoms with E-state index in [1.165, 1.54) is 34.4 Å². The number of nitrogens with two attached hydrogens (primary N) is 1. The number of piperazine rings is 1. The van der Waals surface area contributed by atoms with Crippen molar-refractivity contribution >= 4 is 41.1 Å². The van der Waals surface area contributed by atoms with Gasteiger partial charge in [-0.3, -0.25) is 24.3 Å². The van der Waals surface area contributed by atoms with Crippen LogP contribution in [0.3, 0.4) is 0 Å². The van der Waals surface area contributed by atoms with Gasteiger partial charge in [-0.1, -0.05) is 29.8 Å². The molecule has 0 saturated carbocycles. The van der Waals surface area contributed by atoms with Crippen LogP contribution in [0.5, 0.6) is 5.75 Å². The molecule has 1 aromatic heterocycles. The highest BCUT2D eigenvalue weighted by Crippen LogP contribution is 2.45. The number of nitrogens with one attached hydrogen (secondary N) is 1. The number of ether oxygens (including phenoxy) is 1. The van der Waals surface area contributed by atoms with E-state index in [9.17, 15) is 19.2 Å². The number of aliphatic imine (C=N–C) groups is 1. The lowest BCUT2D eigenvalue weighted by Gasteiger charge is -2.35. The van der Waals surface area contributed by atoms with Gasteiger partial charge in [-0.15, -0.1) is 0 Å². The number of oxazole rings is 1. The molecule has 2 aromatic carbocycles. The molecule has 2 atom stereocenters. The van der Waals surface area contributed by atoms with Gasteiger partial charge in [-0.2, -0.15) is 0 Å². The smallest absolute Gasteiger partial charge is 0.326 e. The third kappa shape index (κ3) is 6.54. The van der Waals surface area contributed by atoms with Crippen LogP contribution < -0.4 is 15.8 Å². The number of urea groups is 1. The Kier molecular flexibility index (Phi) is 8.23. The minimum Gasteiger partial charge on any atom is -0.487 e. The topological polar surface area (TPSA) is 160 Å². The molecule has 2 aliphatic rings. The Hall–Kier alpha value is -4.71. The average Bonchev–Trinajstić information content (AvgIpc) is 3.60. The van der Waals surface area contributed by atoms with Crippen molar-refractivity contribution in [1.29, 1.82) is 0 Å². The molecule has 3 aromatic rings. The maximum atomic E-state index is 14.4. The van der Waals surface area contributed by atoms with Crippen molar-refractivity contribution in [3.8, 4) is 5.75 Å². The lowest BCUT2D eigenvalue weighted by atomic mass is 9.98. The quantitative estimate of drug-likeness (QED) is 0.306. The number of hydrogen-bond acceptors (Lipinski definition) is 8. The van der Waals surface area contributed by atoms with Gasteiger partial charge in [0.25, 0.3) is 0 Å². The van der Waals surface area contributed by atoms with Gasteiger partial charge in [-0.05, 0) is 50.6 Å². The van der Waals surface area contributed by atoms with Crippen LogP contribution in [-0.4, -0.2) is 69.5 Å². The molecule has 13 heteroatoms. The van der Waals surface area contributed by atoms with Crippen LogP contribution in [0.15, 0.2) is 64.3 Å². The molecule has 1 saturated heterocycles. The number of primary amides is 1. The summed E-state index contributed by atoms with van der Waals surface area (Å²) >= 11 is 6.20. The van der Waals surface area contributed by atoms with Crippen molar-refractivity contribution in [2.45, 2.75) is 44.9 Å². The first-order valence-electron chi connectivity index (χ1n) is 13.6. The van der Waals surface area contributed by atoms with E-state index in [1.54, 1.807) is 30.3 Å². The van der Waals surface area contributed by atoms with Gasteiger partial charge in [0, 0.05) is 23.7 Å². The van der Waals surface area contributed by atoms with Crippen LogP contribution >= 0.6 is 11.6 Å². The highest BCUT2D eigenvalue weighted by atomic mass is 35.5.